The molecule has 24 heavy (non-hydrogen) atoms. The third-order valence-corrected chi connectivity index (χ3v) is 5.92. The summed E-state index contributed by atoms with van der Waals surface area (Å²) in [4.78, 5) is 15.9. The Bertz CT molecular complexity index is 588. The molecule has 1 aliphatic rings. The van der Waals surface area contributed by atoms with Crippen molar-refractivity contribution in [2.24, 2.45) is 0 Å². The van der Waals surface area contributed by atoms with E-state index in [0.29, 0.717) is 12.0 Å². The Hall–Kier alpha value is -1.38. The van der Waals surface area contributed by atoms with Crippen molar-refractivity contribution in [1.82, 2.24) is 4.90 Å². The molecule has 0 saturated carbocycles. The molecule has 0 unspecified atom stereocenters. The molecule has 1 aromatic rings. The first-order chi connectivity index (χ1) is 11.7. The van der Waals surface area contributed by atoms with Crippen LogP contribution in [0.15, 0.2) is 0 Å². The lowest BCUT2D eigenvalue weighted by Crippen LogP contribution is -2.28. The maximum absolute atomic E-state index is 12.3. The van der Waals surface area contributed by atoms with Crippen molar-refractivity contribution < 1.29 is 4.79 Å². The summed E-state index contributed by atoms with van der Waals surface area (Å²) in [5.74, 6) is 0.0258. The second-order valence-corrected chi connectivity index (χ2v) is 7.57. The first-order valence-corrected chi connectivity index (χ1v) is 10.1. The maximum atomic E-state index is 12.3. The van der Waals surface area contributed by atoms with Gasteiger partial charge in [0.25, 0.3) is 0 Å². The molecule has 1 heterocycles. The van der Waals surface area contributed by atoms with E-state index in [9.17, 15) is 10.1 Å². The number of hydrogen-bond acceptors (Lipinski definition) is 4. The van der Waals surface area contributed by atoms with E-state index < -0.39 is 0 Å². The molecule has 0 fully saturated rings. The number of anilines is 1. The largest absolute Gasteiger partial charge is 0.317 e. The summed E-state index contributed by atoms with van der Waals surface area (Å²) in [7, 11) is 0. The zero-order valence-corrected chi connectivity index (χ0v) is 15.8. The number of unbranched alkanes of at least 4 members (excludes halogenated alkanes) is 1. The summed E-state index contributed by atoms with van der Waals surface area (Å²) in [6.07, 6.45) is 8.43. The van der Waals surface area contributed by atoms with E-state index in [-0.39, 0.29) is 5.91 Å². The number of aryl methyl sites for hydroxylation is 1. The summed E-state index contributed by atoms with van der Waals surface area (Å²) < 4.78 is 0. The molecular weight excluding hydrogens is 318 g/mol. The number of rotatable bonds is 8. The second kappa shape index (κ2) is 9.80. The summed E-state index contributed by atoms with van der Waals surface area (Å²) in [5, 5.41) is 13.3. The monoisotopic (exact) mass is 347 g/mol. The van der Waals surface area contributed by atoms with Gasteiger partial charge in [0, 0.05) is 17.8 Å². The van der Waals surface area contributed by atoms with Crippen LogP contribution in [0, 0.1) is 11.3 Å². The molecule has 0 bridgehead atoms. The molecule has 0 spiro atoms. The fraction of sp³-hybridized carbons (Fsp3) is 0.684. The number of amides is 1. The zero-order valence-electron chi connectivity index (χ0n) is 15.0. The highest BCUT2D eigenvalue weighted by atomic mass is 32.1. The number of nitrogens with one attached hydrogen (secondary N) is 1. The molecule has 4 nitrogen and oxygen atoms in total. The van der Waals surface area contributed by atoms with E-state index in [2.05, 4.69) is 30.1 Å². The number of thiophene rings is 1. The Morgan fingerprint density at radius 1 is 1.25 bits per heavy atom. The van der Waals surface area contributed by atoms with Gasteiger partial charge in [0.05, 0.1) is 5.56 Å². The van der Waals surface area contributed by atoms with Crippen molar-refractivity contribution in [3.05, 3.63) is 16.0 Å². The first kappa shape index (κ1) is 19.0. The number of nitriles is 1. The molecule has 0 aromatic carbocycles. The van der Waals surface area contributed by atoms with Crippen molar-refractivity contribution in [3.8, 4) is 6.07 Å². The molecule has 1 aliphatic carbocycles. The van der Waals surface area contributed by atoms with E-state index in [1.54, 1.807) is 11.3 Å². The van der Waals surface area contributed by atoms with E-state index in [1.165, 1.54) is 36.1 Å². The Labute approximate surface area is 149 Å². The highest BCUT2D eigenvalue weighted by Gasteiger charge is 2.21. The van der Waals surface area contributed by atoms with Crippen LogP contribution in [0.25, 0.3) is 0 Å². The summed E-state index contributed by atoms with van der Waals surface area (Å²) >= 11 is 1.61. The molecular formula is C19H29N3OS. The van der Waals surface area contributed by atoms with E-state index in [4.69, 9.17) is 0 Å². The van der Waals surface area contributed by atoms with Gasteiger partial charge in [0.15, 0.2) is 0 Å². The van der Waals surface area contributed by atoms with E-state index >= 15 is 0 Å². The van der Waals surface area contributed by atoms with Gasteiger partial charge in [0.2, 0.25) is 5.91 Å². The summed E-state index contributed by atoms with van der Waals surface area (Å²) in [6, 6.07) is 2.33. The van der Waals surface area contributed by atoms with Crippen LogP contribution in [0.2, 0.25) is 0 Å². The zero-order chi connectivity index (χ0) is 17.4. The lowest BCUT2D eigenvalue weighted by Gasteiger charge is -2.19. The van der Waals surface area contributed by atoms with Crippen molar-refractivity contribution in [1.29, 1.82) is 5.26 Å². The standard InChI is InChI=1S/C19H29N3OS/c1-3-5-12-22(4-2)13-11-18(23)21-19-16(14-20)15-9-7-6-8-10-17(15)24-19/h3-13H2,1-2H3,(H,21,23). The molecule has 0 saturated heterocycles. The quantitative estimate of drug-likeness (QED) is 0.712. The van der Waals surface area contributed by atoms with Crippen molar-refractivity contribution in [3.63, 3.8) is 0 Å². The fourth-order valence-electron chi connectivity index (χ4n) is 3.21. The van der Waals surface area contributed by atoms with Crippen LogP contribution in [-0.2, 0) is 17.6 Å². The van der Waals surface area contributed by atoms with Gasteiger partial charge in [0.1, 0.15) is 11.1 Å². The number of nitrogens with zero attached hydrogens (tertiary/aromatic N) is 2. The van der Waals surface area contributed by atoms with Crippen molar-refractivity contribution in [2.75, 3.05) is 25.0 Å². The molecule has 1 N–H and O–H groups in total. The number of fused-ring (bicyclic) bond motifs is 1. The van der Waals surface area contributed by atoms with Gasteiger partial charge in [-0.25, -0.2) is 0 Å². The normalized spacial score (nSPS) is 14.1. The highest BCUT2D eigenvalue weighted by molar-refractivity contribution is 7.16. The SMILES string of the molecule is CCCCN(CC)CCC(=O)Nc1sc2c(c1C#N)CCCCC2. The Morgan fingerprint density at radius 2 is 2.04 bits per heavy atom. The number of hydrogen-bond donors (Lipinski definition) is 1. The molecule has 5 heteroatoms. The van der Waals surface area contributed by atoms with Gasteiger partial charge < -0.3 is 10.2 Å². The minimum absolute atomic E-state index is 0.0258. The van der Waals surface area contributed by atoms with E-state index in [0.717, 1.165) is 43.9 Å². The maximum Gasteiger partial charge on any atom is 0.226 e. The van der Waals surface area contributed by atoms with Gasteiger partial charge in [-0.15, -0.1) is 11.3 Å². The van der Waals surface area contributed by atoms with Crippen LogP contribution in [-0.4, -0.2) is 30.4 Å². The molecule has 1 aromatic heterocycles. The topological polar surface area (TPSA) is 56.1 Å². The molecule has 1 amide bonds. The minimum Gasteiger partial charge on any atom is -0.317 e. The molecule has 0 radical (unpaired) electrons. The first-order valence-electron chi connectivity index (χ1n) is 9.26. The Balaban J connectivity index is 1.95. The third kappa shape index (κ3) is 5.06. The molecule has 132 valence electrons. The van der Waals surface area contributed by atoms with Crippen LogP contribution in [0.4, 0.5) is 5.00 Å². The van der Waals surface area contributed by atoms with Crippen LogP contribution in [0.5, 0.6) is 0 Å². The van der Waals surface area contributed by atoms with Gasteiger partial charge in [-0.1, -0.05) is 26.7 Å². The van der Waals surface area contributed by atoms with Crippen LogP contribution in [0.3, 0.4) is 0 Å². The van der Waals surface area contributed by atoms with Crippen LogP contribution in [0.1, 0.15) is 68.4 Å². The predicted molar refractivity (Wildman–Crippen MR) is 101 cm³/mol. The van der Waals surface area contributed by atoms with Gasteiger partial charge >= 0.3 is 0 Å². The fourth-order valence-corrected chi connectivity index (χ4v) is 4.46. The number of carbonyl (C=O) groups is 1. The van der Waals surface area contributed by atoms with Crippen LogP contribution < -0.4 is 5.32 Å². The molecule has 2 rings (SSSR count). The molecule has 0 atom stereocenters. The highest BCUT2D eigenvalue weighted by Crippen LogP contribution is 2.36. The summed E-state index contributed by atoms with van der Waals surface area (Å²) in [5.41, 5.74) is 1.90. The van der Waals surface area contributed by atoms with Crippen molar-refractivity contribution in [2.45, 2.75) is 65.2 Å². The van der Waals surface area contributed by atoms with E-state index in [1.807, 2.05) is 0 Å². The average molecular weight is 348 g/mol. The number of carbonyl (C=O) groups excluding carboxylic acids is 1. The predicted octanol–water partition coefficient (Wildman–Crippen LogP) is 4.34. The smallest absolute Gasteiger partial charge is 0.226 e. The summed E-state index contributed by atoms with van der Waals surface area (Å²) in [6.45, 7) is 7.14. The lowest BCUT2D eigenvalue weighted by molar-refractivity contribution is -0.116. The van der Waals surface area contributed by atoms with Gasteiger partial charge in [-0.2, -0.15) is 5.26 Å². The molecule has 0 aliphatic heterocycles. The Kier molecular flexibility index (Phi) is 7.74. The average Bonchev–Trinajstić information content (AvgIpc) is 2.75. The van der Waals surface area contributed by atoms with Gasteiger partial charge in [-0.3, -0.25) is 4.79 Å². The van der Waals surface area contributed by atoms with Gasteiger partial charge in [-0.05, 0) is 50.8 Å². The lowest BCUT2D eigenvalue weighted by atomic mass is 10.1. The second-order valence-electron chi connectivity index (χ2n) is 6.47. The van der Waals surface area contributed by atoms with Crippen molar-refractivity contribution >= 4 is 22.2 Å². The van der Waals surface area contributed by atoms with Crippen LogP contribution >= 0.6 is 11.3 Å². The minimum atomic E-state index is 0.0258. The Morgan fingerprint density at radius 3 is 2.75 bits per heavy atom. The third-order valence-electron chi connectivity index (χ3n) is 4.72.